The van der Waals surface area contributed by atoms with E-state index in [1.165, 1.54) is 39.4 Å². The van der Waals surface area contributed by atoms with Crippen molar-refractivity contribution < 1.29 is 26.4 Å². The molecule has 2 amide bonds. The zero-order chi connectivity index (χ0) is 85.2. The molecule has 8 aromatic heterocycles. The fourth-order valence-corrected chi connectivity index (χ4v) is 21.0. The molecule has 12 aromatic rings. The number of anilines is 4. The van der Waals surface area contributed by atoms with Gasteiger partial charge in [-0.05, 0) is 326 Å². The molecule has 4 aromatic carbocycles. The molecule has 2 saturated carbocycles. The average molecular weight is 1680 g/mol. The van der Waals surface area contributed by atoms with Gasteiger partial charge >= 0.3 is 0 Å². The first-order valence-electron chi connectivity index (χ1n) is 43.9. The summed E-state index contributed by atoms with van der Waals surface area (Å²) in [6, 6.07) is 43.9. The van der Waals surface area contributed by atoms with Crippen LogP contribution in [0, 0.1) is 60.3 Å². The summed E-state index contributed by atoms with van der Waals surface area (Å²) in [6.45, 7) is 23.7. The van der Waals surface area contributed by atoms with Crippen molar-refractivity contribution in [3.63, 3.8) is 0 Å². The van der Waals surface area contributed by atoms with Gasteiger partial charge in [0.15, 0.2) is 0 Å². The number of carbonyl (C=O) groups is 2. The van der Waals surface area contributed by atoms with Crippen LogP contribution in [-0.4, -0.2) is 175 Å². The van der Waals surface area contributed by atoms with Crippen LogP contribution in [0.4, 0.5) is 22.7 Å². The normalized spacial score (nSPS) is 16.7. The third-order valence-electron chi connectivity index (χ3n) is 24.5. The SMILES string of the molecule is CCCS(=O)(=O)N1CCC(Nc2cc(-c3cc(C)nc(C)c3)cc3ccncc23)CC1.CCCS(=O)(=O)N1CCC(Nc2cc(-c3ccnc(C)c3)cc3ccncc23)CC1.Cc1cc(-c2cc(NC3CCN(C(=O)C4CC4)CC3)c3cnccc3c2)cc(C)n1.Cc1cc(-c2cc(NC3CCN(C(=O)C4CCC4)CC3)c3cnccc3c2)cc(C)n1. The lowest BCUT2D eigenvalue weighted by molar-refractivity contribution is -0.139. The van der Waals surface area contributed by atoms with E-state index in [-0.39, 0.29) is 23.6 Å². The Labute approximate surface area is 719 Å². The lowest BCUT2D eigenvalue weighted by Gasteiger charge is -2.37. The number of pyridine rings is 8. The Balaban J connectivity index is 0.000000126. The minimum Gasteiger partial charge on any atom is -0.382 e. The summed E-state index contributed by atoms with van der Waals surface area (Å²) in [5.74, 6) is 1.82. The predicted octanol–water partition coefficient (Wildman–Crippen LogP) is 18.6. The van der Waals surface area contributed by atoms with E-state index < -0.39 is 20.0 Å². The number of aryl methyl sites for hydroxylation is 7. The Morgan fingerprint density at radius 3 is 0.869 bits per heavy atom. The Hall–Kier alpha value is -10.9. The van der Waals surface area contributed by atoms with Gasteiger partial charge < -0.3 is 31.1 Å². The molecular formula is C98H116N16O6S2. The lowest BCUT2D eigenvalue weighted by Crippen LogP contribution is -2.46. The predicted molar refractivity (Wildman–Crippen MR) is 494 cm³/mol. The molecule has 24 heteroatoms. The standard InChI is InChI=1S/C26H30N4O.C25H28N4O.C24H30N4O2S.C23H28N4O2S/c1-17-12-21(13-18(2)28-17)22-14-20-6-9-27-16-24(20)25(15-22)29-23-7-10-30(11-8-23)26(31)19-4-3-5-19;1-16-11-20(12-17(2)27-16)21-13-19-5-8-26-15-23(19)24(14-21)28-22-6-9-29(10-7-22)25(30)18-3-4-18;1-4-11-31(29,30)28-9-6-22(7-10-28)27-24-15-21(14-19-5-8-25-16-23(19)24)20-12-17(2)26-18(3)13-20;1-3-12-30(28,29)27-10-6-21(7-11-27)26-23-15-20(18-5-9-25-17(2)13-18)14-19-4-8-24-16-22(19)23/h6,9,12-16,19,23,29H,3-5,7-8,10-11H2,1-2H3;5,8,11-15,18,22,28H,3-4,6-7,9-10H2,1-2H3;5,8,12-16,22,27H,4,6-7,9-11H2,1-3H3;4-5,8-9,13-16,21,26H,3,6-7,10-12H2,1-2H3. The number of nitrogens with zero attached hydrogens (tertiary/aromatic N) is 12. The Morgan fingerprint density at radius 1 is 0.328 bits per heavy atom. The molecule has 636 valence electrons. The molecule has 0 radical (unpaired) electrons. The zero-order valence-corrected chi connectivity index (χ0v) is 73.7. The van der Waals surface area contributed by atoms with Gasteiger partial charge in [0, 0.05) is 228 Å². The fraction of sp³-hybridized carbons (Fsp3) is 0.408. The maximum absolute atomic E-state index is 12.6. The van der Waals surface area contributed by atoms with Crippen LogP contribution in [0.2, 0.25) is 0 Å². The van der Waals surface area contributed by atoms with E-state index >= 15 is 0 Å². The second-order valence-electron chi connectivity index (χ2n) is 34.2. The molecule has 2 aliphatic carbocycles. The third-order valence-corrected chi connectivity index (χ3v) is 28.7. The highest BCUT2D eigenvalue weighted by molar-refractivity contribution is 7.89. The van der Waals surface area contributed by atoms with Gasteiger partial charge in [-0.1, -0.05) is 20.3 Å². The van der Waals surface area contributed by atoms with E-state index in [4.69, 9.17) is 0 Å². The number of nitrogens with one attached hydrogen (secondary N) is 4. The van der Waals surface area contributed by atoms with Crippen LogP contribution in [0.3, 0.4) is 0 Å². The van der Waals surface area contributed by atoms with Crippen LogP contribution >= 0.6 is 0 Å². The van der Waals surface area contributed by atoms with Crippen molar-refractivity contribution in [1.29, 1.82) is 0 Å². The summed E-state index contributed by atoms with van der Waals surface area (Å²) < 4.78 is 52.7. The minimum atomic E-state index is -3.13. The number of amides is 2. The molecule has 4 saturated heterocycles. The summed E-state index contributed by atoms with van der Waals surface area (Å²) in [7, 11) is -6.25. The van der Waals surface area contributed by atoms with Crippen LogP contribution in [0.5, 0.6) is 0 Å². The van der Waals surface area contributed by atoms with Gasteiger partial charge in [0.05, 0.1) is 11.5 Å². The second-order valence-corrected chi connectivity index (χ2v) is 38.4. The van der Waals surface area contributed by atoms with Crippen molar-refractivity contribution in [2.24, 2.45) is 11.8 Å². The number of hydrogen-bond acceptors (Lipinski definition) is 18. The number of carbonyl (C=O) groups excluding carboxylic acids is 2. The van der Waals surface area contributed by atoms with Crippen LogP contribution in [0.25, 0.3) is 87.6 Å². The third kappa shape index (κ3) is 21.4. The van der Waals surface area contributed by atoms with Crippen molar-refractivity contribution in [3.8, 4) is 44.5 Å². The highest BCUT2D eigenvalue weighted by Gasteiger charge is 2.36. The van der Waals surface area contributed by atoms with Gasteiger partial charge in [-0.2, -0.15) is 0 Å². The average Bonchev–Trinajstić information content (AvgIpc) is 0.829. The van der Waals surface area contributed by atoms with Gasteiger partial charge in [0.1, 0.15) is 0 Å². The van der Waals surface area contributed by atoms with E-state index in [1.54, 1.807) is 8.61 Å². The quantitative estimate of drug-likeness (QED) is 0.0552. The zero-order valence-electron chi connectivity index (χ0n) is 72.0. The summed E-state index contributed by atoms with van der Waals surface area (Å²) in [5, 5.41) is 24.0. The van der Waals surface area contributed by atoms with Crippen molar-refractivity contribution in [1.82, 2.24) is 58.3 Å². The van der Waals surface area contributed by atoms with Gasteiger partial charge in [-0.15, -0.1) is 0 Å². The molecule has 12 heterocycles. The largest absolute Gasteiger partial charge is 0.382 e. The molecule has 4 N–H and O–H groups in total. The molecule has 0 spiro atoms. The van der Waals surface area contributed by atoms with E-state index in [9.17, 15) is 26.4 Å². The van der Waals surface area contributed by atoms with Gasteiger partial charge in [0.2, 0.25) is 31.9 Å². The topological polar surface area (TPSA) is 267 Å². The van der Waals surface area contributed by atoms with E-state index in [2.05, 4.69) is 174 Å². The van der Waals surface area contributed by atoms with Gasteiger partial charge in [0.25, 0.3) is 0 Å². The molecule has 6 fully saturated rings. The van der Waals surface area contributed by atoms with Crippen LogP contribution in [0.15, 0.2) is 177 Å². The monoisotopic (exact) mass is 1680 g/mol. The number of rotatable bonds is 20. The lowest BCUT2D eigenvalue weighted by atomic mass is 9.84. The number of aromatic nitrogens is 8. The van der Waals surface area contributed by atoms with Gasteiger partial charge in [-0.25, -0.2) is 25.4 Å². The number of fused-ring (bicyclic) bond motifs is 4. The minimum absolute atomic E-state index is 0.229. The van der Waals surface area contributed by atoms with Crippen molar-refractivity contribution in [3.05, 3.63) is 217 Å². The number of benzene rings is 4. The fourth-order valence-electron chi connectivity index (χ4n) is 17.9. The summed E-state index contributed by atoms with van der Waals surface area (Å²) >= 11 is 0. The first-order valence-corrected chi connectivity index (χ1v) is 47.1. The van der Waals surface area contributed by atoms with E-state index in [0.29, 0.717) is 74.8 Å². The molecule has 122 heavy (non-hydrogen) atoms. The number of piperidine rings is 4. The Kier molecular flexibility index (Phi) is 27.3. The summed E-state index contributed by atoms with van der Waals surface area (Å²) in [4.78, 5) is 64.3. The van der Waals surface area contributed by atoms with Crippen LogP contribution < -0.4 is 21.3 Å². The first kappa shape index (κ1) is 86.0. The molecule has 4 aliphatic heterocycles. The molecule has 0 atom stereocenters. The highest BCUT2D eigenvalue weighted by Crippen LogP contribution is 2.40. The summed E-state index contributed by atoms with van der Waals surface area (Å²) in [5.41, 5.74) is 20.7. The second kappa shape index (κ2) is 38.7. The summed E-state index contributed by atoms with van der Waals surface area (Å²) in [6.07, 6.45) is 30.8. The molecule has 0 bridgehead atoms. The number of likely N-dealkylation sites (tertiary alicyclic amines) is 2. The van der Waals surface area contributed by atoms with E-state index in [1.807, 2.05) is 136 Å². The Morgan fingerprint density at radius 2 is 0.598 bits per heavy atom. The maximum atomic E-state index is 12.6. The van der Waals surface area contributed by atoms with Crippen LogP contribution in [0.1, 0.15) is 150 Å². The number of sulfonamides is 2. The van der Waals surface area contributed by atoms with E-state index in [0.717, 1.165) is 220 Å². The van der Waals surface area contributed by atoms with Crippen molar-refractivity contribution >= 4 is 97.7 Å². The molecular weight excluding hydrogens is 1560 g/mol. The highest BCUT2D eigenvalue weighted by atomic mass is 32.2. The van der Waals surface area contributed by atoms with Gasteiger partial charge in [-0.3, -0.25) is 49.5 Å². The smallest absolute Gasteiger partial charge is 0.225 e. The molecule has 18 rings (SSSR count). The molecule has 22 nitrogen and oxygen atoms in total. The van der Waals surface area contributed by atoms with Crippen LogP contribution in [-0.2, 0) is 29.6 Å². The van der Waals surface area contributed by atoms with Crippen molar-refractivity contribution in [2.45, 2.75) is 183 Å². The maximum Gasteiger partial charge on any atom is 0.225 e. The number of hydrogen-bond donors (Lipinski definition) is 4. The van der Waals surface area contributed by atoms with Crippen molar-refractivity contribution in [2.75, 3.05) is 85.1 Å². The first-order chi connectivity index (χ1) is 58.9. The molecule has 6 aliphatic rings. The Bertz CT molecular complexity index is 5930. The molecule has 0 unspecified atom stereocenters.